The Labute approximate surface area is 168 Å². The summed E-state index contributed by atoms with van der Waals surface area (Å²) in [6, 6.07) is 7.16. The molecule has 10 heteroatoms. The first kappa shape index (κ1) is 20.9. The van der Waals surface area contributed by atoms with Crippen molar-refractivity contribution in [1.29, 1.82) is 0 Å². The van der Waals surface area contributed by atoms with Crippen LogP contribution in [0.4, 0.5) is 23.7 Å². The summed E-state index contributed by atoms with van der Waals surface area (Å²) in [7, 11) is 2.80. The van der Waals surface area contributed by atoms with Gasteiger partial charge in [-0.25, -0.2) is 9.69 Å². The van der Waals surface area contributed by atoms with Crippen LogP contribution in [-0.4, -0.2) is 32.1 Å². The number of carbonyl (C=O) groups excluding carboxylic acids is 3. The number of anilines is 1. The van der Waals surface area contributed by atoms with Crippen LogP contribution in [0.1, 0.15) is 11.1 Å². The van der Waals surface area contributed by atoms with Crippen LogP contribution in [0.25, 0.3) is 6.08 Å². The summed E-state index contributed by atoms with van der Waals surface area (Å²) in [6.07, 6.45) is -3.50. The summed E-state index contributed by atoms with van der Waals surface area (Å²) in [5.41, 5.74) is -1.53. The highest BCUT2D eigenvalue weighted by Crippen LogP contribution is 2.33. The van der Waals surface area contributed by atoms with Gasteiger partial charge in [-0.2, -0.15) is 13.2 Å². The van der Waals surface area contributed by atoms with Gasteiger partial charge in [0.15, 0.2) is 0 Å². The maximum absolute atomic E-state index is 13.0. The molecule has 0 saturated carbocycles. The van der Waals surface area contributed by atoms with Gasteiger partial charge in [-0.3, -0.25) is 14.9 Å². The number of carbonyl (C=O) groups is 3. The predicted molar refractivity (Wildman–Crippen MR) is 100.0 cm³/mol. The minimum Gasteiger partial charge on any atom is -0.497 e. The van der Waals surface area contributed by atoms with Gasteiger partial charge in [-0.05, 0) is 42.5 Å². The Morgan fingerprint density at radius 1 is 1.00 bits per heavy atom. The Kier molecular flexibility index (Phi) is 5.50. The number of imide groups is 2. The minimum atomic E-state index is -4.67. The highest BCUT2D eigenvalue weighted by molar-refractivity contribution is 6.39. The number of alkyl halides is 3. The summed E-state index contributed by atoms with van der Waals surface area (Å²) in [5, 5.41) is 1.96. The zero-order chi connectivity index (χ0) is 22.1. The van der Waals surface area contributed by atoms with Crippen molar-refractivity contribution in [2.24, 2.45) is 0 Å². The Bertz CT molecular complexity index is 1060. The molecular weight excluding hydrogens is 405 g/mol. The first-order valence-corrected chi connectivity index (χ1v) is 8.46. The van der Waals surface area contributed by atoms with Crippen molar-refractivity contribution in [3.05, 3.63) is 59.2 Å². The molecule has 0 aromatic heterocycles. The average Bonchev–Trinajstić information content (AvgIpc) is 2.70. The number of urea groups is 1. The van der Waals surface area contributed by atoms with Crippen molar-refractivity contribution < 1.29 is 37.0 Å². The lowest BCUT2D eigenvalue weighted by molar-refractivity contribution is -0.137. The number of benzene rings is 2. The third-order valence-corrected chi connectivity index (χ3v) is 4.27. The number of hydrogen-bond acceptors (Lipinski definition) is 5. The Balaban J connectivity index is 2.07. The molecular formula is C20H15F3N2O5. The van der Waals surface area contributed by atoms with Crippen molar-refractivity contribution in [2.75, 3.05) is 19.1 Å². The van der Waals surface area contributed by atoms with Crippen molar-refractivity contribution >= 4 is 29.6 Å². The molecule has 4 amide bonds. The number of methoxy groups -OCH3 is 2. The van der Waals surface area contributed by atoms with Crippen molar-refractivity contribution in [3.8, 4) is 11.5 Å². The van der Waals surface area contributed by atoms with Crippen LogP contribution in [0.5, 0.6) is 11.5 Å². The monoisotopic (exact) mass is 420 g/mol. The SMILES string of the molecule is COc1ccc(OC)c(/C=C2\C(=O)NC(=O)N(c3cccc(C(F)(F)F)c3)C2=O)c1. The molecule has 1 fully saturated rings. The Morgan fingerprint density at radius 2 is 1.73 bits per heavy atom. The van der Waals surface area contributed by atoms with Gasteiger partial charge in [-0.15, -0.1) is 0 Å². The molecule has 0 radical (unpaired) electrons. The second kappa shape index (κ2) is 7.90. The second-order valence-corrected chi connectivity index (χ2v) is 6.11. The highest BCUT2D eigenvalue weighted by atomic mass is 19.4. The number of barbiturate groups is 1. The van der Waals surface area contributed by atoms with E-state index in [9.17, 15) is 27.6 Å². The van der Waals surface area contributed by atoms with Crippen LogP contribution in [0.3, 0.4) is 0 Å². The van der Waals surface area contributed by atoms with E-state index >= 15 is 0 Å². The summed E-state index contributed by atoms with van der Waals surface area (Å²) in [5.74, 6) is -1.34. The van der Waals surface area contributed by atoms with Crippen LogP contribution < -0.4 is 19.7 Å². The van der Waals surface area contributed by atoms with Gasteiger partial charge in [-0.1, -0.05) is 6.07 Å². The summed E-state index contributed by atoms with van der Waals surface area (Å²) >= 11 is 0. The molecule has 1 aliphatic rings. The molecule has 156 valence electrons. The third kappa shape index (κ3) is 3.97. The molecule has 2 aromatic carbocycles. The fraction of sp³-hybridized carbons (Fsp3) is 0.150. The van der Waals surface area contributed by atoms with Crippen LogP contribution in [0.2, 0.25) is 0 Å². The van der Waals surface area contributed by atoms with Gasteiger partial charge in [0.25, 0.3) is 11.8 Å². The fourth-order valence-electron chi connectivity index (χ4n) is 2.82. The van der Waals surface area contributed by atoms with E-state index in [-0.39, 0.29) is 5.69 Å². The van der Waals surface area contributed by atoms with E-state index in [0.717, 1.165) is 18.2 Å². The molecule has 2 aromatic rings. The molecule has 0 bridgehead atoms. The first-order chi connectivity index (χ1) is 14.2. The van der Waals surface area contributed by atoms with Gasteiger partial charge in [0.1, 0.15) is 17.1 Å². The number of nitrogens with zero attached hydrogens (tertiary/aromatic N) is 1. The number of nitrogens with one attached hydrogen (secondary N) is 1. The molecule has 1 saturated heterocycles. The Hall–Kier alpha value is -3.82. The molecule has 1 N–H and O–H groups in total. The van der Waals surface area contributed by atoms with Gasteiger partial charge >= 0.3 is 12.2 Å². The number of hydrogen-bond donors (Lipinski definition) is 1. The smallest absolute Gasteiger partial charge is 0.416 e. The van der Waals surface area contributed by atoms with Crippen molar-refractivity contribution in [1.82, 2.24) is 5.32 Å². The summed E-state index contributed by atoms with van der Waals surface area (Å²) < 4.78 is 49.3. The second-order valence-electron chi connectivity index (χ2n) is 6.11. The van der Waals surface area contributed by atoms with Gasteiger partial charge < -0.3 is 9.47 Å². The van der Waals surface area contributed by atoms with E-state index in [1.165, 1.54) is 26.4 Å². The van der Waals surface area contributed by atoms with E-state index in [4.69, 9.17) is 9.47 Å². The number of ether oxygens (including phenoxy) is 2. The topological polar surface area (TPSA) is 84.9 Å². The van der Waals surface area contributed by atoms with Gasteiger partial charge in [0, 0.05) is 5.56 Å². The number of rotatable bonds is 4. The zero-order valence-corrected chi connectivity index (χ0v) is 15.7. The minimum absolute atomic E-state index is 0.300. The fourth-order valence-corrected chi connectivity index (χ4v) is 2.82. The lowest BCUT2D eigenvalue weighted by Crippen LogP contribution is -2.54. The molecule has 1 aliphatic heterocycles. The molecule has 0 aliphatic carbocycles. The van der Waals surface area contributed by atoms with E-state index < -0.39 is 35.2 Å². The lowest BCUT2D eigenvalue weighted by Gasteiger charge is -2.27. The molecule has 0 atom stereocenters. The normalized spacial score (nSPS) is 16.0. The number of halogens is 3. The lowest BCUT2D eigenvalue weighted by atomic mass is 10.1. The van der Waals surface area contributed by atoms with Gasteiger partial charge in [0.2, 0.25) is 0 Å². The van der Waals surface area contributed by atoms with Crippen molar-refractivity contribution in [2.45, 2.75) is 6.18 Å². The summed E-state index contributed by atoms with van der Waals surface area (Å²) in [6.45, 7) is 0. The van der Waals surface area contributed by atoms with Crippen LogP contribution in [0.15, 0.2) is 48.0 Å². The standard InChI is InChI=1S/C20H15F3N2O5/c1-29-14-6-7-16(30-2)11(8-14)9-15-17(26)24-19(28)25(18(15)27)13-5-3-4-12(10-13)20(21,22)23/h3-10H,1-2H3,(H,24,26,28)/b15-9+. The van der Waals surface area contributed by atoms with E-state index in [1.807, 2.05) is 5.32 Å². The van der Waals surface area contributed by atoms with E-state index in [1.54, 1.807) is 12.1 Å². The van der Waals surface area contributed by atoms with E-state index in [0.29, 0.717) is 28.0 Å². The maximum atomic E-state index is 13.0. The van der Waals surface area contributed by atoms with Crippen LogP contribution >= 0.6 is 0 Å². The van der Waals surface area contributed by atoms with Crippen LogP contribution in [-0.2, 0) is 15.8 Å². The van der Waals surface area contributed by atoms with Crippen LogP contribution in [0, 0.1) is 0 Å². The van der Waals surface area contributed by atoms with E-state index in [2.05, 4.69) is 0 Å². The molecule has 1 heterocycles. The molecule has 0 spiro atoms. The molecule has 0 unspecified atom stereocenters. The van der Waals surface area contributed by atoms with Crippen molar-refractivity contribution in [3.63, 3.8) is 0 Å². The molecule has 7 nitrogen and oxygen atoms in total. The molecule has 3 rings (SSSR count). The predicted octanol–water partition coefficient (Wildman–Crippen LogP) is 3.39. The quantitative estimate of drug-likeness (QED) is 0.606. The zero-order valence-electron chi connectivity index (χ0n) is 15.7. The van der Waals surface area contributed by atoms with Gasteiger partial charge in [0.05, 0.1) is 25.5 Å². The average molecular weight is 420 g/mol. The highest BCUT2D eigenvalue weighted by Gasteiger charge is 2.38. The first-order valence-electron chi connectivity index (χ1n) is 8.46. The molecule has 30 heavy (non-hydrogen) atoms. The Morgan fingerprint density at radius 3 is 2.37 bits per heavy atom. The number of amides is 4. The summed E-state index contributed by atoms with van der Waals surface area (Å²) in [4.78, 5) is 37.9. The maximum Gasteiger partial charge on any atom is 0.416 e. The third-order valence-electron chi connectivity index (χ3n) is 4.27. The largest absolute Gasteiger partial charge is 0.497 e.